The van der Waals surface area contributed by atoms with E-state index in [0.29, 0.717) is 6.54 Å². The van der Waals surface area contributed by atoms with Gasteiger partial charge in [0.15, 0.2) is 0 Å². The monoisotopic (exact) mass is 221 g/mol. The van der Waals surface area contributed by atoms with Crippen molar-refractivity contribution in [2.45, 2.75) is 19.6 Å². The first kappa shape index (κ1) is 11.0. The summed E-state index contributed by atoms with van der Waals surface area (Å²) in [5, 5.41) is 28.8. The van der Waals surface area contributed by atoms with Crippen molar-refractivity contribution in [1.82, 2.24) is 4.57 Å². The summed E-state index contributed by atoms with van der Waals surface area (Å²) in [7, 11) is 0. The summed E-state index contributed by atoms with van der Waals surface area (Å²) in [5.74, 6) is 0.273. The van der Waals surface area contributed by atoms with Crippen molar-refractivity contribution in [1.29, 1.82) is 0 Å². The zero-order valence-electron chi connectivity index (χ0n) is 9.09. The van der Waals surface area contributed by atoms with Crippen LogP contribution in [0.4, 0.5) is 0 Å². The average molecular weight is 221 g/mol. The Labute approximate surface area is 93.4 Å². The Bertz CT molecular complexity index is 504. The van der Waals surface area contributed by atoms with E-state index in [1.807, 2.05) is 29.7 Å². The third-order valence-corrected chi connectivity index (χ3v) is 2.74. The molecule has 2 rings (SSSR count). The lowest BCUT2D eigenvalue weighted by molar-refractivity contribution is 0.0822. The van der Waals surface area contributed by atoms with E-state index in [1.165, 1.54) is 0 Å². The van der Waals surface area contributed by atoms with Crippen LogP contribution in [0.25, 0.3) is 10.9 Å². The highest BCUT2D eigenvalue weighted by molar-refractivity contribution is 5.87. The number of aromatic nitrogens is 1. The standard InChI is InChI=1S/C12H15NO3/c1-8-2-3-11-10(12(8)16)4-5-13(11)6-9(15)7-14/h2-5,9,14-16H,6-7H2,1H3. The first-order chi connectivity index (χ1) is 7.63. The lowest BCUT2D eigenvalue weighted by Crippen LogP contribution is -2.19. The number of phenolic OH excluding ortho intramolecular Hbond substituents is 1. The molecule has 0 bridgehead atoms. The average Bonchev–Trinajstić information content (AvgIpc) is 2.67. The molecule has 2 aromatic rings. The van der Waals surface area contributed by atoms with Crippen LogP contribution >= 0.6 is 0 Å². The molecule has 0 aliphatic rings. The number of aromatic hydroxyl groups is 1. The summed E-state index contributed by atoms with van der Waals surface area (Å²) in [4.78, 5) is 0. The van der Waals surface area contributed by atoms with Crippen molar-refractivity contribution in [3.8, 4) is 5.75 Å². The molecule has 4 heteroatoms. The Kier molecular flexibility index (Phi) is 2.85. The number of hydrogen-bond acceptors (Lipinski definition) is 3. The van der Waals surface area contributed by atoms with Gasteiger partial charge in [0.2, 0.25) is 0 Å². The summed E-state index contributed by atoms with van der Waals surface area (Å²) in [6, 6.07) is 5.54. The Morgan fingerprint density at radius 1 is 1.31 bits per heavy atom. The number of aryl methyl sites for hydroxylation is 1. The molecule has 0 spiro atoms. The van der Waals surface area contributed by atoms with Gasteiger partial charge in [-0.05, 0) is 24.6 Å². The molecule has 1 heterocycles. The van der Waals surface area contributed by atoms with E-state index in [9.17, 15) is 10.2 Å². The fraction of sp³-hybridized carbons (Fsp3) is 0.333. The fourth-order valence-electron chi connectivity index (χ4n) is 1.81. The Balaban J connectivity index is 2.46. The molecule has 0 fully saturated rings. The van der Waals surface area contributed by atoms with Crippen molar-refractivity contribution in [2.75, 3.05) is 6.61 Å². The normalized spacial score (nSPS) is 13.2. The lowest BCUT2D eigenvalue weighted by atomic mass is 10.1. The van der Waals surface area contributed by atoms with Crippen molar-refractivity contribution in [2.24, 2.45) is 0 Å². The summed E-state index contributed by atoms with van der Waals surface area (Å²) in [5.41, 5.74) is 1.68. The van der Waals surface area contributed by atoms with Crippen LogP contribution in [0.15, 0.2) is 24.4 Å². The molecule has 1 atom stereocenters. The van der Waals surface area contributed by atoms with E-state index in [0.717, 1.165) is 16.5 Å². The maximum absolute atomic E-state index is 9.84. The van der Waals surface area contributed by atoms with E-state index in [2.05, 4.69) is 0 Å². The molecule has 86 valence electrons. The Hall–Kier alpha value is -1.52. The van der Waals surface area contributed by atoms with E-state index in [-0.39, 0.29) is 12.4 Å². The maximum atomic E-state index is 9.84. The highest BCUT2D eigenvalue weighted by atomic mass is 16.3. The molecule has 1 aromatic carbocycles. The van der Waals surface area contributed by atoms with Crippen LogP contribution in [0, 0.1) is 6.92 Å². The molecule has 3 N–H and O–H groups in total. The fourth-order valence-corrected chi connectivity index (χ4v) is 1.81. The van der Waals surface area contributed by atoms with Crippen LogP contribution < -0.4 is 0 Å². The van der Waals surface area contributed by atoms with E-state index in [1.54, 1.807) is 6.20 Å². The van der Waals surface area contributed by atoms with Gasteiger partial charge >= 0.3 is 0 Å². The molecule has 1 aromatic heterocycles. The second-order valence-electron chi connectivity index (χ2n) is 3.97. The van der Waals surface area contributed by atoms with Gasteiger partial charge in [-0.2, -0.15) is 0 Å². The van der Waals surface area contributed by atoms with Crippen LogP contribution in [0.1, 0.15) is 5.56 Å². The molecular weight excluding hydrogens is 206 g/mol. The number of nitrogens with zero attached hydrogens (tertiary/aromatic N) is 1. The zero-order valence-corrected chi connectivity index (χ0v) is 9.09. The molecule has 0 saturated heterocycles. The van der Waals surface area contributed by atoms with Crippen LogP contribution in [0.2, 0.25) is 0 Å². The van der Waals surface area contributed by atoms with E-state index >= 15 is 0 Å². The van der Waals surface area contributed by atoms with Gasteiger partial charge in [-0.1, -0.05) is 6.07 Å². The van der Waals surface area contributed by atoms with Gasteiger partial charge in [-0.15, -0.1) is 0 Å². The third-order valence-electron chi connectivity index (χ3n) is 2.74. The summed E-state index contributed by atoms with van der Waals surface area (Å²) >= 11 is 0. The zero-order chi connectivity index (χ0) is 11.7. The largest absolute Gasteiger partial charge is 0.507 e. The molecule has 0 aliphatic heterocycles. The van der Waals surface area contributed by atoms with Gasteiger partial charge in [-0.25, -0.2) is 0 Å². The second kappa shape index (κ2) is 4.15. The molecule has 4 nitrogen and oxygen atoms in total. The quantitative estimate of drug-likeness (QED) is 0.724. The first-order valence-corrected chi connectivity index (χ1v) is 5.20. The third kappa shape index (κ3) is 1.77. The topological polar surface area (TPSA) is 65.6 Å². The second-order valence-corrected chi connectivity index (χ2v) is 3.97. The van der Waals surface area contributed by atoms with Gasteiger partial charge in [0.25, 0.3) is 0 Å². The van der Waals surface area contributed by atoms with Crippen LogP contribution in [0.5, 0.6) is 5.75 Å². The van der Waals surface area contributed by atoms with E-state index < -0.39 is 6.10 Å². The summed E-state index contributed by atoms with van der Waals surface area (Å²) in [6.07, 6.45) is 1.02. The van der Waals surface area contributed by atoms with Gasteiger partial charge in [0.05, 0.1) is 24.8 Å². The maximum Gasteiger partial charge on any atom is 0.127 e. The number of phenols is 1. The smallest absolute Gasteiger partial charge is 0.127 e. The molecule has 0 amide bonds. The number of benzene rings is 1. The predicted octanol–water partition coefficient (Wildman–Crippen LogP) is 1.01. The molecule has 16 heavy (non-hydrogen) atoms. The van der Waals surface area contributed by atoms with Crippen molar-refractivity contribution in [3.63, 3.8) is 0 Å². The van der Waals surface area contributed by atoms with Crippen molar-refractivity contribution in [3.05, 3.63) is 30.0 Å². The Morgan fingerprint density at radius 3 is 2.75 bits per heavy atom. The lowest BCUT2D eigenvalue weighted by Gasteiger charge is -2.10. The SMILES string of the molecule is Cc1ccc2c(ccn2CC(O)CO)c1O. The predicted molar refractivity (Wildman–Crippen MR) is 61.4 cm³/mol. The minimum Gasteiger partial charge on any atom is -0.507 e. The van der Waals surface area contributed by atoms with Crippen molar-refractivity contribution < 1.29 is 15.3 Å². The van der Waals surface area contributed by atoms with Gasteiger partial charge in [0.1, 0.15) is 5.75 Å². The number of rotatable bonds is 3. The molecule has 1 unspecified atom stereocenters. The van der Waals surface area contributed by atoms with Crippen LogP contribution in [-0.2, 0) is 6.54 Å². The van der Waals surface area contributed by atoms with Crippen LogP contribution in [-0.4, -0.2) is 32.6 Å². The first-order valence-electron chi connectivity index (χ1n) is 5.20. The van der Waals surface area contributed by atoms with Gasteiger partial charge in [-0.3, -0.25) is 0 Å². The summed E-state index contributed by atoms with van der Waals surface area (Å²) < 4.78 is 1.81. The molecular formula is C12H15NO3. The highest BCUT2D eigenvalue weighted by Gasteiger charge is 2.09. The number of aliphatic hydroxyl groups excluding tert-OH is 2. The minimum atomic E-state index is -0.779. The molecule has 0 saturated carbocycles. The number of fused-ring (bicyclic) bond motifs is 1. The van der Waals surface area contributed by atoms with Gasteiger partial charge < -0.3 is 19.9 Å². The minimum absolute atomic E-state index is 0.266. The summed E-state index contributed by atoms with van der Waals surface area (Å²) in [6.45, 7) is 1.90. The van der Waals surface area contributed by atoms with Crippen molar-refractivity contribution >= 4 is 10.9 Å². The molecule has 0 aliphatic carbocycles. The van der Waals surface area contributed by atoms with Gasteiger partial charge in [0, 0.05) is 11.6 Å². The number of aliphatic hydroxyl groups is 2. The molecule has 0 radical (unpaired) electrons. The van der Waals surface area contributed by atoms with E-state index in [4.69, 9.17) is 5.11 Å². The number of hydrogen-bond donors (Lipinski definition) is 3. The van der Waals surface area contributed by atoms with Crippen LogP contribution in [0.3, 0.4) is 0 Å². The highest BCUT2D eigenvalue weighted by Crippen LogP contribution is 2.28. The Morgan fingerprint density at radius 2 is 2.06 bits per heavy atom.